The van der Waals surface area contributed by atoms with Crippen LogP contribution in [0, 0.1) is 0 Å². The van der Waals surface area contributed by atoms with Crippen molar-refractivity contribution in [3.8, 4) is 0 Å². The third kappa shape index (κ3) is 1.91. The van der Waals surface area contributed by atoms with Crippen LogP contribution in [0.5, 0.6) is 0 Å². The summed E-state index contributed by atoms with van der Waals surface area (Å²) in [6.07, 6.45) is 4.80. The molecule has 0 fully saturated rings. The van der Waals surface area contributed by atoms with Gasteiger partial charge in [0.2, 0.25) is 0 Å². The molecule has 0 radical (unpaired) electrons. The first-order valence-corrected chi connectivity index (χ1v) is 7.80. The number of fused-ring (bicyclic) bond motifs is 2. The van der Waals surface area contributed by atoms with Crippen LogP contribution in [-0.2, 0) is 20.5 Å². The highest BCUT2D eigenvalue weighted by molar-refractivity contribution is 5.70. The first-order chi connectivity index (χ1) is 11.1. The minimum Gasteiger partial charge on any atom is -0.317 e. The van der Waals surface area contributed by atoms with Crippen LogP contribution in [0.4, 0.5) is 0 Å². The van der Waals surface area contributed by atoms with Gasteiger partial charge in [0, 0.05) is 14.1 Å². The van der Waals surface area contributed by atoms with E-state index in [9.17, 15) is 9.59 Å². The third-order valence-electron chi connectivity index (χ3n) is 4.85. The van der Waals surface area contributed by atoms with Gasteiger partial charge in [0.1, 0.15) is 0 Å². The molecule has 0 saturated heterocycles. The van der Waals surface area contributed by atoms with Crippen molar-refractivity contribution in [3.63, 3.8) is 0 Å². The average molecular weight is 310 g/mol. The van der Waals surface area contributed by atoms with Crippen molar-refractivity contribution in [3.05, 3.63) is 62.6 Å². The summed E-state index contributed by atoms with van der Waals surface area (Å²) in [4.78, 5) is 29.0. The fourth-order valence-corrected chi connectivity index (χ4v) is 3.62. The van der Waals surface area contributed by atoms with Crippen LogP contribution in [0.2, 0.25) is 0 Å². The van der Waals surface area contributed by atoms with Crippen molar-refractivity contribution >= 4 is 11.2 Å². The molecule has 1 aliphatic carbocycles. The van der Waals surface area contributed by atoms with E-state index in [1.165, 1.54) is 22.7 Å². The van der Waals surface area contributed by atoms with E-state index in [2.05, 4.69) is 23.2 Å². The molecule has 23 heavy (non-hydrogen) atoms. The fraction of sp³-hybridized carbons (Fsp3) is 0.353. The Morgan fingerprint density at radius 3 is 2.74 bits per heavy atom. The molecule has 0 N–H and O–H groups in total. The summed E-state index contributed by atoms with van der Waals surface area (Å²) in [7, 11) is 3.16. The van der Waals surface area contributed by atoms with Gasteiger partial charge in [-0.2, -0.15) is 0 Å². The topological polar surface area (TPSA) is 61.8 Å². The standard InChI is InChI=1S/C17H18N4O2/c1-19-15-14(16(22)20(2)17(19)23)21(10-18-15)13-9-5-7-11-6-3-4-8-12(11)13/h3-4,6,8,10,13H,5,7,9H2,1-2H3. The van der Waals surface area contributed by atoms with Crippen molar-refractivity contribution in [2.24, 2.45) is 14.1 Å². The molecule has 118 valence electrons. The maximum absolute atomic E-state index is 12.6. The normalized spacial score (nSPS) is 17.4. The first kappa shape index (κ1) is 14.0. The van der Waals surface area contributed by atoms with Crippen molar-refractivity contribution in [1.29, 1.82) is 0 Å². The molecule has 1 atom stereocenters. The van der Waals surface area contributed by atoms with Gasteiger partial charge in [0.15, 0.2) is 11.2 Å². The van der Waals surface area contributed by atoms with E-state index in [4.69, 9.17) is 0 Å². The second-order valence-electron chi connectivity index (χ2n) is 6.14. The van der Waals surface area contributed by atoms with Crippen LogP contribution >= 0.6 is 0 Å². The predicted molar refractivity (Wildman–Crippen MR) is 87.7 cm³/mol. The van der Waals surface area contributed by atoms with Gasteiger partial charge in [0.05, 0.1) is 12.4 Å². The number of aryl methyl sites for hydroxylation is 2. The molecule has 0 spiro atoms. The van der Waals surface area contributed by atoms with Gasteiger partial charge in [-0.05, 0) is 30.4 Å². The number of hydrogen-bond donors (Lipinski definition) is 0. The van der Waals surface area contributed by atoms with E-state index >= 15 is 0 Å². The summed E-state index contributed by atoms with van der Waals surface area (Å²) in [5.74, 6) is 0. The number of nitrogens with zero attached hydrogens (tertiary/aromatic N) is 4. The van der Waals surface area contributed by atoms with Gasteiger partial charge in [-0.25, -0.2) is 9.78 Å². The smallest absolute Gasteiger partial charge is 0.317 e. The van der Waals surface area contributed by atoms with Crippen LogP contribution in [0.25, 0.3) is 11.2 Å². The van der Waals surface area contributed by atoms with E-state index in [1.54, 1.807) is 13.4 Å². The quantitative estimate of drug-likeness (QED) is 0.682. The van der Waals surface area contributed by atoms with Crippen LogP contribution in [0.15, 0.2) is 40.2 Å². The third-order valence-corrected chi connectivity index (χ3v) is 4.85. The van der Waals surface area contributed by atoms with Gasteiger partial charge in [-0.3, -0.25) is 13.9 Å². The van der Waals surface area contributed by atoms with Crippen LogP contribution in [0.3, 0.4) is 0 Å². The molecule has 2 aromatic heterocycles. The predicted octanol–water partition coefficient (Wildman–Crippen LogP) is 1.36. The highest BCUT2D eigenvalue weighted by atomic mass is 16.2. The van der Waals surface area contributed by atoms with Crippen LogP contribution < -0.4 is 11.2 Å². The fourth-order valence-electron chi connectivity index (χ4n) is 3.62. The summed E-state index contributed by atoms with van der Waals surface area (Å²) in [5.41, 5.74) is 2.87. The molecule has 1 aliphatic rings. The molecule has 3 aromatic rings. The van der Waals surface area contributed by atoms with E-state index in [0.717, 1.165) is 23.8 Å². The highest BCUT2D eigenvalue weighted by Crippen LogP contribution is 2.33. The van der Waals surface area contributed by atoms with E-state index in [-0.39, 0.29) is 17.3 Å². The maximum atomic E-state index is 12.6. The van der Waals surface area contributed by atoms with Crippen LogP contribution in [0.1, 0.15) is 30.0 Å². The van der Waals surface area contributed by atoms with Gasteiger partial charge in [0.25, 0.3) is 5.56 Å². The lowest BCUT2D eigenvalue weighted by molar-refractivity contribution is 0.497. The number of imidazole rings is 1. The Morgan fingerprint density at radius 2 is 1.91 bits per heavy atom. The monoisotopic (exact) mass is 310 g/mol. The van der Waals surface area contributed by atoms with Crippen molar-refractivity contribution < 1.29 is 0 Å². The minimum atomic E-state index is -0.350. The largest absolute Gasteiger partial charge is 0.332 e. The molecule has 6 heteroatoms. The molecule has 0 aliphatic heterocycles. The van der Waals surface area contributed by atoms with Crippen molar-refractivity contribution in [2.45, 2.75) is 25.3 Å². The molecular formula is C17H18N4O2. The minimum absolute atomic E-state index is 0.0927. The summed E-state index contributed by atoms with van der Waals surface area (Å²) in [6, 6.07) is 8.45. The van der Waals surface area contributed by atoms with E-state index in [0.29, 0.717) is 11.2 Å². The lowest BCUT2D eigenvalue weighted by Gasteiger charge is -2.27. The molecule has 2 heterocycles. The molecule has 0 amide bonds. The summed E-state index contributed by atoms with van der Waals surface area (Å²) < 4.78 is 4.52. The van der Waals surface area contributed by atoms with Crippen molar-refractivity contribution in [1.82, 2.24) is 18.7 Å². The van der Waals surface area contributed by atoms with E-state index < -0.39 is 0 Å². The number of benzene rings is 1. The average Bonchev–Trinajstić information content (AvgIpc) is 3.02. The Balaban J connectivity index is 2.02. The zero-order chi connectivity index (χ0) is 16.1. The Labute approximate surface area is 132 Å². The maximum Gasteiger partial charge on any atom is 0.332 e. The molecule has 1 unspecified atom stereocenters. The number of hydrogen-bond acceptors (Lipinski definition) is 3. The second kappa shape index (κ2) is 4.94. The lowest BCUT2D eigenvalue weighted by Crippen LogP contribution is -2.38. The Kier molecular flexibility index (Phi) is 3.01. The van der Waals surface area contributed by atoms with Crippen molar-refractivity contribution in [2.75, 3.05) is 0 Å². The summed E-state index contributed by atoms with van der Waals surface area (Å²) >= 11 is 0. The first-order valence-electron chi connectivity index (χ1n) is 7.80. The number of rotatable bonds is 1. The molecule has 4 rings (SSSR count). The molecule has 1 aromatic carbocycles. The molecule has 0 saturated carbocycles. The zero-order valence-electron chi connectivity index (χ0n) is 13.2. The van der Waals surface area contributed by atoms with Gasteiger partial charge in [-0.1, -0.05) is 24.3 Å². The Morgan fingerprint density at radius 1 is 1.13 bits per heavy atom. The summed E-state index contributed by atoms with van der Waals surface area (Å²) in [5, 5.41) is 0. The second-order valence-corrected chi connectivity index (χ2v) is 6.14. The molecule has 0 bridgehead atoms. The van der Waals surface area contributed by atoms with E-state index in [1.807, 2.05) is 10.6 Å². The van der Waals surface area contributed by atoms with Gasteiger partial charge < -0.3 is 4.57 Å². The number of aromatic nitrogens is 4. The lowest BCUT2D eigenvalue weighted by atomic mass is 9.87. The van der Waals surface area contributed by atoms with Gasteiger partial charge in [-0.15, -0.1) is 0 Å². The molecule has 6 nitrogen and oxygen atoms in total. The SMILES string of the molecule is Cn1c(=O)c2c(ncn2C2CCCc3ccccc32)n(C)c1=O. The van der Waals surface area contributed by atoms with Gasteiger partial charge >= 0.3 is 5.69 Å². The highest BCUT2D eigenvalue weighted by Gasteiger charge is 2.25. The molecular weight excluding hydrogens is 292 g/mol. The Hall–Kier alpha value is -2.63. The Bertz CT molecular complexity index is 1030. The summed E-state index contributed by atoms with van der Waals surface area (Å²) in [6.45, 7) is 0. The zero-order valence-corrected chi connectivity index (χ0v) is 13.2. The van der Waals surface area contributed by atoms with Crippen LogP contribution in [-0.4, -0.2) is 18.7 Å².